The van der Waals surface area contributed by atoms with Gasteiger partial charge in [0.25, 0.3) is 0 Å². The van der Waals surface area contributed by atoms with Crippen LogP contribution in [0, 0.1) is 3.57 Å². The van der Waals surface area contributed by atoms with Crippen LogP contribution in [0.15, 0.2) is 6.20 Å². The van der Waals surface area contributed by atoms with E-state index in [0.717, 1.165) is 9.39 Å². The van der Waals surface area contributed by atoms with E-state index >= 15 is 0 Å². The maximum atomic E-state index is 5.83. The molecule has 0 atom stereocenters. The zero-order valence-electron chi connectivity index (χ0n) is 5.72. The minimum Gasteiger partial charge on any atom is -0.240 e. The van der Waals surface area contributed by atoms with E-state index in [1.54, 1.807) is 6.20 Å². The van der Waals surface area contributed by atoms with Crippen molar-refractivity contribution >= 4 is 34.2 Å². The quantitative estimate of drug-likeness (QED) is 0.584. The van der Waals surface area contributed by atoms with Crippen molar-refractivity contribution in [3.63, 3.8) is 0 Å². The van der Waals surface area contributed by atoms with Gasteiger partial charge in [-0.25, -0.2) is 9.97 Å². The molecule has 4 heteroatoms. The third kappa shape index (κ3) is 1.64. The molecule has 1 fully saturated rings. The fraction of sp³-hybridized carbons (Fsp3) is 0.429. The summed E-state index contributed by atoms with van der Waals surface area (Å²) in [6.45, 7) is 0. The van der Waals surface area contributed by atoms with E-state index in [1.807, 2.05) is 0 Å². The molecule has 0 aromatic carbocycles. The van der Waals surface area contributed by atoms with Crippen LogP contribution in [0.2, 0.25) is 5.15 Å². The summed E-state index contributed by atoms with van der Waals surface area (Å²) in [6.07, 6.45) is 4.22. The molecular formula is C7H6ClIN2. The molecule has 0 N–H and O–H groups in total. The Labute approximate surface area is 83.5 Å². The van der Waals surface area contributed by atoms with Crippen molar-refractivity contribution in [2.45, 2.75) is 18.8 Å². The largest absolute Gasteiger partial charge is 0.240 e. The number of hydrogen-bond acceptors (Lipinski definition) is 2. The highest BCUT2D eigenvalue weighted by Gasteiger charge is 2.26. The molecule has 1 aromatic heterocycles. The number of rotatable bonds is 1. The fourth-order valence-corrected chi connectivity index (χ4v) is 1.29. The van der Waals surface area contributed by atoms with Gasteiger partial charge in [0.05, 0.1) is 3.57 Å². The Hall–Kier alpha value is 0.100. The normalized spacial score (nSPS) is 16.9. The highest BCUT2D eigenvalue weighted by atomic mass is 127. The molecule has 0 amide bonds. The maximum absolute atomic E-state index is 5.83. The van der Waals surface area contributed by atoms with Crippen molar-refractivity contribution in [1.82, 2.24) is 9.97 Å². The van der Waals surface area contributed by atoms with Crippen molar-refractivity contribution in [3.05, 3.63) is 20.7 Å². The number of aromatic nitrogens is 2. The van der Waals surface area contributed by atoms with Gasteiger partial charge < -0.3 is 0 Å². The van der Waals surface area contributed by atoms with Gasteiger partial charge in [-0.15, -0.1) is 0 Å². The highest BCUT2D eigenvalue weighted by molar-refractivity contribution is 14.1. The van der Waals surface area contributed by atoms with Crippen molar-refractivity contribution in [2.75, 3.05) is 0 Å². The summed E-state index contributed by atoms with van der Waals surface area (Å²) in [5.41, 5.74) is 0. The summed E-state index contributed by atoms with van der Waals surface area (Å²) >= 11 is 7.95. The van der Waals surface area contributed by atoms with Gasteiger partial charge in [0, 0.05) is 12.1 Å². The van der Waals surface area contributed by atoms with Crippen LogP contribution in [0.4, 0.5) is 0 Å². The smallest absolute Gasteiger partial charge is 0.146 e. The lowest BCUT2D eigenvalue weighted by atomic mass is 10.4. The minimum absolute atomic E-state index is 0.586. The lowest BCUT2D eigenvalue weighted by molar-refractivity contribution is 0.921. The van der Waals surface area contributed by atoms with Crippen LogP contribution in [0.25, 0.3) is 0 Å². The molecule has 11 heavy (non-hydrogen) atoms. The summed E-state index contributed by atoms with van der Waals surface area (Å²) in [5.74, 6) is 1.50. The fourth-order valence-electron chi connectivity index (χ4n) is 0.897. The molecule has 0 saturated heterocycles. The Morgan fingerprint density at radius 2 is 2.27 bits per heavy atom. The molecule has 1 aliphatic rings. The summed E-state index contributed by atoms with van der Waals surface area (Å²) < 4.78 is 0.925. The second-order valence-electron chi connectivity index (χ2n) is 2.64. The summed E-state index contributed by atoms with van der Waals surface area (Å²) in [6, 6.07) is 0. The van der Waals surface area contributed by atoms with Gasteiger partial charge in [0.15, 0.2) is 0 Å². The third-order valence-electron chi connectivity index (χ3n) is 1.66. The second kappa shape index (κ2) is 2.86. The Balaban J connectivity index is 2.36. The summed E-state index contributed by atoms with van der Waals surface area (Å²) in [4.78, 5) is 8.38. The average molecular weight is 280 g/mol. The van der Waals surface area contributed by atoms with Crippen LogP contribution < -0.4 is 0 Å². The molecule has 58 valence electrons. The van der Waals surface area contributed by atoms with Crippen molar-refractivity contribution < 1.29 is 0 Å². The predicted molar refractivity (Wildman–Crippen MR) is 51.7 cm³/mol. The first-order valence-corrected chi connectivity index (χ1v) is 4.91. The Bertz CT molecular complexity index is 286. The molecule has 2 rings (SSSR count). The van der Waals surface area contributed by atoms with Gasteiger partial charge in [-0.1, -0.05) is 11.6 Å². The first kappa shape index (κ1) is 7.73. The van der Waals surface area contributed by atoms with Crippen molar-refractivity contribution in [2.24, 2.45) is 0 Å². The van der Waals surface area contributed by atoms with Gasteiger partial charge in [0.2, 0.25) is 0 Å². The van der Waals surface area contributed by atoms with E-state index in [0.29, 0.717) is 11.1 Å². The topological polar surface area (TPSA) is 25.8 Å². The Kier molecular flexibility index (Phi) is 2.01. The van der Waals surface area contributed by atoms with E-state index in [9.17, 15) is 0 Å². The van der Waals surface area contributed by atoms with Gasteiger partial charge in [-0.3, -0.25) is 0 Å². The molecule has 0 aliphatic heterocycles. The van der Waals surface area contributed by atoms with Crippen molar-refractivity contribution in [1.29, 1.82) is 0 Å². The van der Waals surface area contributed by atoms with Gasteiger partial charge in [0.1, 0.15) is 11.0 Å². The molecule has 1 saturated carbocycles. The van der Waals surface area contributed by atoms with Crippen molar-refractivity contribution in [3.8, 4) is 0 Å². The molecule has 0 radical (unpaired) electrons. The van der Waals surface area contributed by atoms with Crippen LogP contribution >= 0.6 is 34.2 Å². The van der Waals surface area contributed by atoms with Crippen LogP contribution in [0.1, 0.15) is 24.6 Å². The molecule has 1 aromatic rings. The minimum atomic E-state index is 0.586. The molecular weight excluding hydrogens is 274 g/mol. The first-order valence-electron chi connectivity index (χ1n) is 3.45. The molecule has 1 aliphatic carbocycles. The highest BCUT2D eigenvalue weighted by Crippen LogP contribution is 2.38. The van der Waals surface area contributed by atoms with Crippen LogP contribution in [-0.4, -0.2) is 9.97 Å². The van der Waals surface area contributed by atoms with E-state index in [-0.39, 0.29) is 0 Å². The van der Waals surface area contributed by atoms with E-state index in [1.165, 1.54) is 12.8 Å². The maximum Gasteiger partial charge on any atom is 0.146 e. The lowest BCUT2D eigenvalue weighted by Crippen LogP contribution is -1.93. The average Bonchev–Trinajstić information content (AvgIpc) is 2.77. The second-order valence-corrected chi connectivity index (χ2v) is 4.16. The molecule has 0 unspecified atom stereocenters. The number of hydrogen-bond donors (Lipinski definition) is 0. The Morgan fingerprint density at radius 1 is 1.55 bits per heavy atom. The molecule has 2 nitrogen and oxygen atoms in total. The SMILES string of the molecule is Clc1nc(C2CC2)ncc1I. The standard InChI is InChI=1S/C7H6ClIN2/c8-6-5(9)3-10-7(11-6)4-1-2-4/h3-4H,1-2H2. The third-order valence-corrected chi connectivity index (χ3v) is 3.06. The predicted octanol–water partition coefficient (Wildman–Crippen LogP) is 2.61. The number of nitrogens with zero attached hydrogens (tertiary/aromatic N) is 2. The van der Waals surface area contributed by atoms with Gasteiger partial charge in [-0.05, 0) is 35.4 Å². The lowest BCUT2D eigenvalue weighted by Gasteiger charge is -1.97. The Morgan fingerprint density at radius 3 is 2.82 bits per heavy atom. The van der Waals surface area contributed by atoms with Crippen LogP contribution in [-0.2, 0) is 0 Å². The van der Waals surface area contributed by atoms with E-state index < -0.39 is 0 Å². The monoisotopic (exact) mass is 280 g/mol. The van der Waals surface area contributed by atoms with E-state index in [2.05, 4.69) is 32.6 Å². The van der Waals surface area contributed by atoms with Crippen LogP contribution in [0.5, 0.6) is 0 Å². The van der Waals surface area contributed by atoms with E-state index in [4.69, 9.17) is 11.6 Å². The van der Waals surface area contributed by atoms with Gasteiger partial charge in [-0.2, -0.15) is 0 Å². The summed E-state index contributed by atoms with van der Waals surface area (Å²) in [7, 11) is 0. The number of halogens is 2. The molecule has 0 spiro atoms. The van der Waals surface area contributed by atoms with Gasteiger partial charge >= 0.3 is 0 Å². The first-order chi connectivity index (χ1) is 5.27. The summed E-state index contributed by atoms with van der Waals surface area (Å²) in [5, 5.41) is 0.586. The zero-order chi connectivity index (χ0) is 7.84. The molecule has 0 bridgehead atoms. The van der Waals surface area contributed by atoms with Crippen LogP contribution in [0.3, 0.4) is 0 Å². The molecule has 1 heterocycles. The zero-order valence-corrected chi connectivity index (χ0v) is 8.63.